The molecule has 0 saturated carbocycles. The Kier molecular flexibility index (Phi) is 7.62. The van der Waals surface area contributed by atoms with Crippen LogP contribution in [0, 0.1) is 36.8 Å². The molecule has 2 unspecified atom stereocenters. The van der Waals surface area contributed by atoms with Crippen molar-refractivity contribution in [3.05, 3.63) is 53.3 Å². The zero-order valence-electron chi connectivity index (χ0n) is 29.5. The van der Waals surface area contributed by atoms with E-state index in [1.807, 2.05) is 6.07 Å². The molecule has 0 spiro atoms. The lowest BCUT2D eigenvalue weighted by molar-refractivity contribution is -0.0484. The number of phenols is 1. The van der Waals surface area contributed by atoms with Gasteiger partial charge in [0.2, 0.25) is 0 Å². The molecule has 53 heavy (non-hydrogen) atoms. The molecule has 0 radical (unpaired) electrons. The number of fused-ring (bicyclic) bond motifs is 7. The van der Waals surface area contributed by atoms with Gasteiger partial charge in [-0.25, -0.2) is 13.2 Å². The maximum Gasteiger partial charge on any atom is 0.319 e. The molecule has 5 saturated heterocycles. The molecular formula is C41H40F3N5O4. The Balaban J connectivity index is 1.18. The summed E-state index contributed by atoms with van der Waals surface area (Å²) in [6.07, 6.45) is 8.95. The Morgan fingerprint density at radius 2 is 1.89 bits per heavy atom. The number of piperazine rings is 1. The number of nitrogens with zero attached hydrogens (tertiary/aromatic N) is 5. The van der Waals surface area contributed by atoms with Crippen molar-refractivity contribution < 1.29 is 32.2 Å². The van der Waals surface area contributed by atoms with Gasteiger partial charge in [-0.1, -0.05) is 12.0 Å². The molecular weight excluding hydrogens is 683 g/mol. The molecule has 10 rings (SSSR count). The molecule has 9 nitrogen and oxygen atoms in total. The number of likely N-dealkylation sites (tertiary alicyclic amines) is 1. The number of furan rings is 1. The number of terminal acetylenes is 1. The van der Waals surface area contributed by atoms with Gasteiger partial charge in [-0.05, 0) is 68.8 Å². The number of benzene rings is 3. The third kappa shape index (κ3) is 5.18. The van der Waals surface area contributed by atoms with Crippen LogP contribution in [0.5, 0.6) is 11.8 Å². The summed E-state index contributed by atoms with van der Waals surface area (Å²) in [6, 6.07) is 7.74. The van der Waals surface area contributed by atoms with E-state index in [1.165, 1.54) is 24.3 Å². The third-order valence-corrected chi connectivity index (χ3v) is 12.4. The first-order chi connectivity index (χ1) is 25.7. The van der Waals surface area contributed by atoms with Gasteiger partial charge < -0.3 is 23.9 Å². The van der Waals surface area contributed by atoms with Crippen LogP contribution in [-0.4, -0.2) is 101 Å². The van der Waals surface area contributed by atoms with Gasteiger partial charge in [0.1, 0.15) is 47.0 Å². The summed E-state index contributed by atoms with van der Waals surface area (Å²) in [5.74, 6) is 2.58. The van der Waals surface area contributed by atoms with E-state index in [9.17, 15) is 9.50 Å². The normalized spacial score (nSPS) is 26.2. The zero-order valence-corrected chi connectivity index (χ0v) is 29.5. The van der Waals surface area contributed by atoms with E-state index in [-0.39, 0.29) is 63.6 Å². The van der Waals surface area contributed by atoms with Crippen molar-refractivity contribution in [3.8, 4) is 35.2 Å². The number of anilines is 1. The number of ether oxygens (including phenoxy) is 2. The van der Waals surface area contributed by atoms with Crippen LogP contribution in [0.3, 0.4) is 0 Å². The molecule has 4 atom stereocenters. The maximum absolute atomic E-state index is 17.8. The van der Waals surface area contributed by atoms with Crippen molar-refractivity contribution in [1.82, 2.24) is 19.8 Å². The van der Waals surface area contributed by atoms with E-state index >= 15 is 8.78 Å². The summed E-state index contributed by atoms with van der Waals surface area (Å²) < 4.78 is 65.9. The van der Waals surface area contributed by atoms with Crippen LogP contribution in [0.1, 0.15) is 43.4 Å². The second-order valence-electron chi connectivity index (χ2n) is 15.8. The minimum Gasteiger partial charge on any atom is -0.508 e. The molecule has 5 fully saturated rings. The summed E-state index contributed by atoms with van der Waals surface area (Å²) in [6.45, 7) is 7.40. The Morgan fingerprint density at radius 3 is 2.64 bits per heavy atom. The lowest BCUT2D eigenvalue weighted by atomic mass is 9.91. The molecule has 2 aromatic heterocycles. The standard InChI is InChI=1S/C41H40F3N5O4/c1-3-29-32(43)8-5-24-12-28(50)13-30(33(24)29)34-36(44)37-35(31-11-22(2)53-38(31)34)39(49-26-6-7-27(49)18-47(17-26)15-23-19-51-20-23)46-40(45-37)52-21-41-9-4-10-48(41)16-25(42)14-41/h1,5,8,11-13,23,25-27,50H,4,6-7,9-10,14-21H2,2H3/t25-,26?,27?,41+/m1/s1. The molecule has 7 heterocycles. The van der Waals surface area contributed by atoms with Gasteiger partial charge >= 0.3 is 6.01 Å². The molecule has 5 aromatic rings. The molecule has 5 aliphatic rings. The maximum atomic E-state index is 17.8. The van der Waals surface area contributed by atoms with Gasteiger partial charge in [0.05, 0.1) is 35.3 Å². The fourth-order valence-corrected chi connectivity index (χ4v) is 10.1. The van der Waals surface area contributed by atoms with Gasteiger partial charge in [0, 0.05) is 66.9 Å². The monoisotopic (exact) mass is 723 g/mol. The van der Waals surface area contributed by atoms with Gasteiger partial charge in [0.15, 0.2) is 5.82 Å². The fraction of sp³-hybridized carbons (Fsp3) is 0.463. The number of aromatic nitrogens is 2. The molecule has 5 aliphatic heterocycles. The van der Waals surface area contributed by atoms with Crippen LogP contribution in [0.15, 0.2) is 34.7 Å². The van der Waals surface area contributed by atoms with Crippen molar-refractivity contribution in [2.24, 2.45) is 5.92 Å². The summed E-state index contributed by atoms with van der Waals surface area (Å²) in [4.78, 5) is 16.9. The number of hydrogen-bond acceptors (Lipinski definition) is 9. The van der Waals surface area contributed by atoms with E-state index in [0.29, 0.717) is 46.6 Å². The summed E-state index contributed by atoms with van der Waals surface area (Å²) in [5.41, 5.74) is -0.0747. The largest absolute Gasteiger partial charge is 0.508 e. The van der Waals surface area contributed by atoms with Crippen molar-refractivity contribution in [3.63, 3.8) is 0 Å². The number of halogens is 3. The van der Waals surface area contributed by atoms with Gasteiger partial charge in [-0.15, -0.1) is 6.42 Å². The molecule has 274 valence electrons. The molecule has 2 bridgehead atoms. The Labute approximate surface area is 304 Å². The molecule has 1 N–H and O–H groups in total. The number of aryl methyl sites for hydroxylation is 1. The summed E-state index contributed by atoms with van der Waals surface area (Å²) in [5, 5.41) is 12.7. The second-order valence-corrected chi connectivity index (χ2v) is 15.8. The van der Waals surface area contributed by atoms with E-state index in [1.54, 1.807) is 6.92 Å². The van der Waals surface area contributed by atoms with Crippen LogP contribution in [0.2, 0.25) is 0 Å². The minimum absolute atomic E-state index is 0.00587. The third-order valence-electron chi connectivity index (χ3n) is 12.4. The molecule has 12 heteroatoms. The zero-order chi connectivity index (χ0) is 36.2. The molecule has 0 aliphatic carbocycles. The average Bonchev–Trinajstić information content (AvgIpc) is 3.84. The Hall–Kier alpha value is -4.57. The minimum atomic E-state index is -0.933. The van der Waals surface area contributed by atoms with E-state index < -0.39 is 23.3 Å². The smallest absolute Gasteiger partial charge is 0.319 e. The van der Waals surface area contributed by atoms with Crippen LogP contribution in [0.25, 0.3) is 43.8 Å². The van der Waals surface area contributed by atoms with Crippen LogP contribution in [0.4, 0.5) is 19.0 Å². The number of hydrogen-bond donors (Lipinski definition) is 1. The number of phenolic OH excluding ortho intramolecular Hbond substituents is 1. The van der Waals surface area contributed by atoms with Crippen LogP contribution >= 0.6 is 0 Å². The molecule has 0 amide bonds. The predicted molar refractivity (Wildman–Crippen MR) is 195 cm³/mol. The van der Waals surface area contributed by atoms with Gasteiger partial charge in [0.25, 0.3) is 0 Å². The Morgan fingerprint density at radius 1 is 1.08 bits per heavy atom. The first-order valence-electron chi connectivity index (χ1n) is 18.7. The van der Waals surface area contributed by atoms with E-state index in [4.69, 9.17) is 30.3 Å². The topological polar surface area (TPSA) is 87.3 Å². The number of aromatic hydroxyl groups is 1. The fourth-order valence-electron chi connectivity index (χ4n) is 10.1. The highest BCUT2D eigenvalue weighted by Gasteiger charge is 2.50. The van der Waals surface area contributed by atoms with Crippen LogP contribution < -0.4 is 9.64 Å². The van der Waals surface area contributed by atoms with E-state index in [0.717, 1.165) is 65.1 Å². The van der Waals surface area contributed by atoms with Crippen molar-refractivity contribution in [2.45, 2.75) is 62.8 Å². The van der Waals surface area contributed by atoms with Gasteiger partial charge in [-0.3, -0.25) is 9.80 Å². The highest BCUT2D eigenvalue weighted by Crippen LogP contribution is 2.48. The number of rotatable bonds is 7. The summed E-state index contributed by atoms with van der Waals surface area (Å²) >= 11 is 0. The lowest BCUT2D eigenvalue weighted by Crippen LogP contribution is -2.56. The van der Waals surface area contributed by atoms with E-state index in [2.05, 4.69) is 20.6 Å². The Bertz CT molecular complexity index is 2340. The quantitative estimate of drug-likeness (QED) is 0.184. The highest BCUT2D eigenvalue weighted by atomic mass is 19.1. The predicted octanol–water partition coefficient (Wildman–Crippen LogP) is 6.72. The van der Waals surface area contributed by atoms with Crippen LogP contribution in [-0.2, 0) is 4.74 Å². The summed E-state index contributed by atoms with van der Waals surface area (Å²) in [7, 11) is 0. The number of alkyl halides is 1. The second kappa shape index (κ2) is 12.2. The first-order valence-corrected chi connectivity index (χ1v) is 18.7. The van der Waals surface area contributed by atoms with Crippen molar-refractivity contribution in [2.75, 3.05) is 57.4 Å². The first kappa shape index (κ1) is 33.0. The lowest BCUT2D eigenvalue weighted by Gasteiger charge is -2.44. The van der Waals surface area contributed by atoms with Crippen molar-refractivity contribution in [1.29, 1.82) is 0 Å². The van der Waals surface area contributed by atoms with Crippen molar-refractivity contribution >= 4 is 38.5 Å². The SMILES string of the molecule is C#Cc1c(F)ccc2cc(O)cc(-c3c(F)c4nc(OC[C@@]56CCCN5C[C@H](F)C6)nc(N5C6CCC5CN(CC5COC5)C6)c4c4cc(C)oc34)c12. The van der Waals surface area contributed by atoms with Gasteiger partial charge in [-0.2, -0.15) is 9.97 Å². The highest BCUT2D eigenvalue weighted by molar-refractivity contribution is 6.18. The molecule has 3 aromatic carbocycles. The average molecular weight is 724 g/mol.